The Labute approximate surface area is 193 Å². The molecule has 1 atom stereocenters. The summed E-state index contributed by atoms with van der Waals surface area (Å²) in [5.74, 6) is -0.706. The van der Waals surface area contributed by atoms with Crippen LogP contribution in [0.1, 0.15) is 35.3 Å². The van der Waals surface area contributed by atoms with Crippen LogP contribution in [0.3, 0.4) is 0 Å². The summed E-state index contributed by atoms with van der Waals surface area (Å²) in [5, 5.41) is 3.85. The average molecular weight is 472 g/mol. The molecule has 2 aromatic rings. The smallest absolute Gasteiger partial charge is 0.250 e. The van der Waals surface area contributed by atoms with E-state index in [1.807, 2.05) is 18.2 Å². The number of carbonyl (C=O) groups excluding carboxylic acids is 2. The van der Waals surface area contributed by atoms with Crippen molar-refractivity contribution in [2.75, 3.05) is 37.3 Å². The number of hydrogen-bond acceptors (Lipinski definition) is 5. The highest BCUT2D eigenvalue weighted by molar-refractivity contribution is 7.88. The molecule has 4 N–H and O–H groups in total. The fourth-order valence-corrected chi connectivity index (χ4v) is 5.40. The van der Waals surface area contributed by atoms with Gasteiger partial charge in [0.2, 0.25) is 15.9 Å². The van der Waals surface area contributed by atoms with Crippen molar-refractivity contribution in [3.8, 4) is 0 Å². The highest BCUT2D eigenvalue weighted by atomic mass is 32.2. The number of aromatic nitrogens is 1. The van der Waals surface area contributed by atoms with Crippen molar-refractivity contribution in [1.82, 2.24) is 14.6 Å². The zero-order valence-electron chi connectivity index (χ0n) is 18.6. The van der Waals surface area contributed by atoms with Gasteiger partial charge in [-0.1, -0.05) is 12.7 Å². The average Bonchev–Trinajstić information content (AvgIpc) is 3.23. The van der Waals surface area contributed by atoms with Gasteiger partial charge in [0.1, 0.15) is 0 Å². The largest absolute Gasteiger partial charge is 0.369 e. The number of H-pyrrole nitrogens is 1. The number of amides is 2. The zero-order valence-corrected chi connectivity index (χ0v) is 19.5. The lowest BCUT2D eigenvalue weighted by molar-refractivity contribution is -0.117. The molecule has 1 aromatic heterocycles. The topological polar surface area (TPSA) is 129 Å². The Morgan fingerprint density at radius 2 is 2.09 bits per heavy atom. The van der Waals surface area contributed by atoms with Gasteiger partial charge in [0, 0.05) is 49.0 Å². The van der Waals surface area contributed by atoms with Crippen molar-refractivity contribution < 1.29 is 18.0 Å². The first-order valence-electron chi connectivity index (χ1n) is 11.0. The third-order valence-corrected chi connectivity index (χ3v) is 7.59. The van der Waals surface area contributed by atoms with Gasteiger partial charge in [-0.3, -0.25) is 9.59 Å². The van der Waals surface area contributed by atoms with Crippen LogP contribution in [0.5, 0.6) is 0 Å². The van der Waals surface area contributed by atoms with E-state index in [0.29, 0.717) is 37.1 Å². The predicted molar refractivity (Wildman–Crippen MR) is 129 cm³/mol. The highest BCUT2D eigenvalue weighted by Gasteiger charge is 2.25. The van der Waals surface area contributed by atoms with Gasteiger partial charge in [0.05, 0.1) is 17.3 Å². The third-order valence-electron chi connectivity index (χ3n) is 6.32. The number of carbonyl (C=O) groups is 2. The molecule has 1 fully saturated rings. The van der Waals surface area contributed by atoms with E-state index < -0.39 is 15.9 Å². The number of anilines is 1. The van der Waals surface area contributed by atoms with Crippen LogP contribution in [-0.2, 0) is 14.8 Å². The summed E-state index contributed by atoms with van der Waals surface area (Å²) in [5.41, 5.74) is 9.52. The lowest BCUT2D eigenvalue weighted by Gasteiger charge is -2.35. The first-order valence-corrected chi connectivity index (χ1v) is 12.8. The van der Waals surface area contributed by atoms with Gasteiger partial charge in [-0.2, -0.15) is 4.31 Å². The maximum atomic E-state index is 12.1. The molecule has 2 amide bonds. The summed E-state index contributed by atoms with van der Waals surface area (Å²) in [4.78, 5) is 29.4. The van der Waals surface area contributed by atoms with Crippen molar-refractivity contribution in [2.24, 2.45) is 5.73 Å². The fraction of sp³-hybridized carbons (Fsp3) is 0.391. The minimum atomic E-state index is -3.24. The van der Waals surface area contributed by atoms with Crippen molar-refractivity contribution in [2.45, 2.75) is 25.3 Å². The van der Waals surface area contributed by atoms with E-state index in [-0.39, 0.29) is 11.9 Å². The summed E-state index contributed by atoms with van der Waals surface area (Å²) < 4.78 is 25.1. The molecule has 9 nitrogen and oxygen atoms in total. The number of primary amides is 1. The summed E-state index contributed by atoms with van der Waals surface area (Å²) in [6.07, 6.45) is 6.77. The second-order valence-electron chi connectivity index (χ2n) is 8.57. The summed E-state index contributed by atoms with van der Waals surface area (Å²) in [7, 11) is -3.24. The molecular weight excluding hydrogens is 442 g/mol. The van der Waals surface area contributed by atoms with Gasteiger partial charge < -0.3 is 20.9 Å². The molecule has 0 spiro atoms. The number of rotatable bonds is 6. The quantitative estimate of drug-likeness (QED) is 0.551. The highest BCUT2D eigenvalue weighted by Crippen LogP contribution is 2.35. The Bertz CT molecular complexity index is 1250. The van der Waals surface area contributed by atoms with Gasteiger partial charge >= 0.3 is 0 Å². The molecule has 0 aliphatic carbocycles. The molecule has 4 rings (SSSR count). The number of hydrogen-bond donors (Lipinski definition) is 3. The Balaban J connectivity index is 1.69. The van der Waals surface area contributed by atoms with Crippen molar-refractivity contribution in [3.63, 3.8) is 0 Å². The van der Waals surface area contributed by atoms with Crippen LogP contribution in [0.4, 0.5) is 5.69 Å². The molecule has 2 aliphatic rings. The monoisotopic (exact) mass is 471 g/mol. The lowest BCUT2D eigenvalue weighted by Crippen LogP contribution is -2.47. The van der Waals surface area contributed by atoms with Crippen LogP contribution in [0, 0.1) is 0 Å². The number of nitrogens with one attached hydrogen (secondary N) is 2. The van der Waals surface area contributed by atoms with Crippen LogP contribution in [-0.4, -0.2) is 68.0 Å². The molecule has 2 aliphatic heterocycles. The van der Waals surface area contributed by atoms with Crippen molar-refractivity contribution in [1.29, 1.82) is 0 Å². The Kier molecular flexibility index (Phi) is 6.31. The lowest BCUT2D eigenvalue weighted by atomic mass is 10.0. The Hall–Kier alpha value is -3.11. The van der Waals surface area contributed by atoms with Crippen molar-refractivity contribution in [3.05, 3.63) is 48.2 Å². The van der Waals surface area contributed by atoms with Crippen molar-refractivity contribution >= 4 is 44.0 Å². The van der Waals surface area contributed by atoms with E-state index in [1.165, 1.54) is 16.6 Å². The number of nitrogens with two attached hydrogens (primary N) is 1. The number of fused-ring (bicyclic) bond motifs is 1. The minimum absolute atomic E-state index is 0.0107. The van der Waals surface area contributed by atoms with Gasteiger partial charge in [0.25, 0.3) is 5.91 Å². The minimum Gasteiger partial charge on any atom is -0.369 e. The Morgan fingerprint density at radius 3 is 2.73 bits per heavy atom. The summed E-state index contributed by atoms with van der Waals surface area (Å²) >= 11 is 0. The van der Waals surface area contributed by atoms with Gasteiger partial charge in [-0.05, 0) is 49.1 Å². The molecule has 1 unspecified atom stereocenters. The first kappa shape index (κ1) is 23.1. The van der Waals surface area contributed by atoms with Crippen LogP contribution >= 0.6 is 0 Å². The number of piperidine rings is 1. The molecule has 176 valence electrons. The summed E-state index contributed by atoms with van der Waals surface area (Å²) in [6, 6.07) is 5.65. The molecule has 0 radical (unpaired) electrons. The van der Waals surface area contributed by atoms with E-state index >= 15 is 0 Å². The van der Waals surface area contributed by atoms with Crippen LogP contribution in [0.15, 0.2) is 36.9 Å². The molecule has 1 aromatic carbocycles. The fourth-order valence-electron chi connectivity index (χ4n) is 4.63. The summed E-state index contributed by atoms with van der Waals surface area (Å²) in [6.45, 7) is 5.73. The van der Waals surface area contributed by atoms with Gasteiger partial charge in [-0.25, -0.2) is 8.42 Å². The van der Waals surface area contributed by atoms with Crippen LogP contribution in [0.25, 0.3) is 16.5 Å². The zero-order chi connectivity index (χ0) is 23.8. The van der Waals surface area contributed by atoms with E-state index in [4.69, 9.17) is 5.73 Å². The third kappa shape index (κ3) is 4.81. The molecule has 3 heterocycles. The second kappa shape index (κ2) is 9.03. The number of benzene rings is 1. The van der Waals surface area contributed by atoms with Crippen LogP contribution in [0.2, 0.25) is 0 Å². The second-order valence-corrected chi connectivity index (χ2v) is 10.5. The van der Waals surface area contributed by atoms with E-state index in [2.05, 4.69) is 21.8 Å². The Morgan fingerprint density at radius 1 is 1.30 bits per heavy atom. The molecule has 1 saturated heterocycles. The van der Waals surface area contributed by atoms with Gasteiger partial charge in [-0.15, -0.1) is 0 Å². The maximum absolute atomic E-state index is 12.1. The van der Waals surface area contributed by atoms with E-state index in [0.717, 1.165) is 41.7 Å². The molecule has 33 heavy (non-hydrogen) atoms. The molecule has 0 bridgehead atoms. The standard InChI is InChI=1S/C23H29N5O4S/c1-3-21(29)25-16-5-4-10-27(14-16)20-7-6-17(23(24)30)22-18(20)13-19(26-22)15-8-11-28(12-9-15)33(2,31)32/h3,6-8,13,16,26H,1,4-5,9-12,14H2,2H3,(H2,24,30)(H,25,29). The number of sulfonamides is 1. The normalized spacial score (nSPS) is 19.8. The number of aromatic amines is 1. The predicted octanol–water partition coefficient (Wildman–Crippen LogP) is 1.59. The molecule has 0 saturated carbocycles. The first-order chi connectivity index (χ1) is 15.7. The van der Waals surface area contributed by atoms with Gasteiger partial charge in [0.15, 0.2) is 0 Å². The maximum Gasteiger partial charge on any atom is 0.250 e. The van der Waals surface area contributed by atoms with Crippen LogP contribution < -0.4 is 16.0 Å². The van der Waals surface area contributed by atoms with E-state index in [1.54, 1.807) is 6.07 Å². The molecule has 10 heteroatoms. The van der Waals surface area contributed by atoms with E-state index in [9.17, 15) is 18.0 Å². The SMILES string of the molecule is C=CC(=O)NC1CCCN(c2ccc(C(N)=O)c3[nH]c(C4=CCN(S(C)(=O)=O)CC4)cc23)C1. The number of nitrogens with zero attached hydrogens (tertiary/aromatic N) is 2. The molecular formula is C23H29N5O4S.